The number of hydrogen-bond acceptors (Lipinski definition) is 5. The molecule has 3 rings (SSSR count). The van der Waals surface area contributed by atoms with Gasteiger partial charge in [0.05, 0.1) is 28.7 Å². The number of halogens is 1. The van der Waals surface area contributed by atoms with Crippen LogP contribution >= 0.6 is 34.7 Å². The van der Waals surface area contributed by atoms with Gasteiger partial charge >= 0.3 is 0 Å². The fourth-order valence-corrected chi connectivity index (χ4v) is 4.61. The Bertz CT molecular complexity index is 655. The lowest BCUT2D eigenvalue weighted by molar-refractivity contribution is -0.134. The number of thioether (sulfide) groups is 1. The molecule has 1 aromatic heterocycles. The minimum Gasteiger partial charge on any atom is -0.378 e. The Morgan fingerprint density at radius 2 is 2.24 bits per heavy atom. The molecule has 1 amide bonds. The van der Waals surface area contributed by atoms with Gasteiger partial charge in [-0.1, -0.05) is 23.4 Å². The van der Waals surface area contributed by atoms with Crippen molar-refractivity contribution in [2.24, 2.45) is 0 Å². The molecule has 2 aromatic rings. The molecule has 1 fully saturated rings. The van der Waals surface area contributed by atoms with E-state index in [0.29, 0.717) is 31.3 Å². The molecule has 4 nitrogen and oxygen atoms in total. The molecule has 0 radical (unpaired) electrons. The molecule has 21 heavy (non-hydrogen) atoms. The summed E-state index contributed by atoms with van der Waals surface area (Å²) in [5.74, 6) is 0.153. The number of fused-ring (bicyclic) bond motifs is 1. The molecular weight excluding hydrogens is 328 g/mol. The van der Waals surface area contributed by atoms with Crippen LogP contribution in [0.25, 0.3) is 10.2 Å². The van der Waals surface area contributed by atoms with Crippen LogP contribution in [0.4, 0.5) is 0 Å². The molecule has 2 heterocycles. The minimum absolute atomic E-state index is 0.140. The zero-order valence-electron chi connectivity index (χ0n) is 11.5. The second-order valence-electron chi connectivity index (χ2n) is 4.79. The summed E-state index contributed by atoms with van der Waals surface area (Å²) in [5.41, 5.74) is 0.890. The SMILES string of the molecule is C[C@H](Sc1nc2cc(Cl)ccc2s1)C(=O)N1CCOCC1. The number of ether oxygens (including phenoxy) is 1. The van der Waals surface area contributed by atoms with Crippen molar-refractivity contribution in [1.82, 2.24) is 9.88 Å². The topological polar surface area (TPSA) is 42.4 Å². The molecular formula is C14H15ClN2O2S2. The zero-order valence-corrected chi connectivity index (χ0v) is 13.9. The number of aromatic nitrogens is 1. The third-order valence-corrected chi connectivity index (χ3v) is 5.73. The van der Waals surface area contributed by atoms with E-state index in [1.54, 1.807) is 11.3 Å². The summed E-state index contributed by atoms with van der Waals surface area (Å²) in [6.07, 6.45) is 0. The normalized spacial score (nSPS) is 17.1. The lowest BCUT2D eigenvalue weighted by atomic mass is 10.3. The van der Waals surface area contributed by atoms with E-state index in [9.17, 15) is 4.79 Å². The summed E-state index contributed by atoms with van der Waals surface area (Å²) in [6, 6.07) is 5.68. The van der Waals surface area contributed by atoms with Crippen molar-refractivity contribution in [1.29, 1.82) is 0 Å². The Morgan fingerprint density at radius 3 is 3.00 bits per heavy atom. The summed E-state index contributed by atoms with van der Waals surface area (Å²) in [5, 5.41) is 0.543. The first-order chi connectivity index (χ1) is 10.1. The van der Waals surface area contributed by atoms with Gasteiger partial charge in [-0.25, -0.2) is 4.98 Å². The second kappa shape index (κ2) is 6.52. The van der Waals surface area contributed by atoms with Gasteiger partial charge in [0.1, 0.15) is 0 Å². The molecule has 1 saturated heterocycles. The number of carbonyl (C=O) groups is 1. The molecule has 0 aliphatic carbocycles. The fraction of sp³-hybridized carbons (Fsp3) is 0.429. The van der Waals surface area contributed by atoms with Gasteiger partial charge in [-0.05, 0) is 25.1 Å². The van der Waals surface area contributed by atoms with E-state index in [1.165, 1.54) is 11.8 Å². The number of morpholine rings is 1. The van der Waals surface area contributed by atoms with Crippen LogP contribution in [0.2, 0.25) is 5.02 Å². The van der Waals surface area contributed by atoms with E-state index >= 15 is 0 Å². The number of hydrogen-bond donors (Lipinski definition) is 0. The second-order valence-corrected chi connectivity index (χ2v) is 7.84. The molecule has 1 aliphatic rings. The van der Waals surface area contributed by atoms with Crippen LogP contribution in [0, 0.1) is 0 Å². The predicted octanol–water partition coefficient (Wildman–Crippen LogP) is 3.29. The van der Waals surface area contributed by atoms with Crippen LogP contribution in [-0.2, 0) is 9.53 Å². The Morgan fingerprint density at radius 1 is 1.48 bits per heavy atom. The monoisotopic (exact) mass is 342 g/mol. The highest BCUT2D eigenvalue weighted by Gasteiger charge is 2.24. The Kier molecular flexibility index (Phi) is 4.69. The Hall–Kier alpha value is -0.820. The average Bonchev–Trinajstić information content (AvgIpc) is 2.88. The van der Waals surface area contributed by atoms with E-state index in [-0.39, 0.29) is 11.2 Å². The van der Waals surface area contributed by atoms with Crippen molar-refractivity contribution in [2.45, 2.75) is 16.5 Å². The third kappa shape index (κ3) is 3.51. The lowest BCUT2D eigenvalue weighted by Gasteiger charge is -2.28. The summed E-state index contributed by atoms with van der Waals surface area (Å²) < 4.78 is 7.27. The Balaban J connectivity index is 1.70. The zero-order chi connectivity index (χ0) is 14.8. The van der Waals surface area contributed by atoms with Crippen LogP contribution in [0.5, 0.6) is 0 Å². The highest BCUT2D eigenvalue weighted by molar-refractivity contribution is 8.02. The van der Waals surface area contributed by atoms with Crippen molar-refractivity contribution < 1.29 is 9.53 Å². The summed E-state index contributed by atoms with van der Waals surface area (Å²) >= 11 is 9.08. The lowest BCUT2D eigenvalue weighted by Crippen LogP contribution is -2.44. The molecule has 112 valence electrons. The number of thiazole rings is 1. The number of carbonyl (C=O) groups excluding carboxylic acids is 1. The van der Waals surface area contributed by atoms with Crippen LogP contribution < -0.4 is 0 Å². The van der Waals surface area contributed by atoms with Gasteiger partial charge in [0, 0.05) is 18.1 Å². The number of rotatable bonds is 3. The fourth-order valence-electron chi connectivity index (χ4n) is 2.17. The molecule has 0 N–H and O–H groups in total. The molecule has 7 heteroatoms. The van der Waals surface area contributed by atoms with Gasteiger partial charge in [0.15, 0.2) is 4.34 Å². The summed E-state index contributed by atoms with van der Waals surface area (Å²) in [6.45, 7) is 4.55. The Labute approximate surface area is 136 Å². The van der Waals surface area contributed by atoms with Crippen molar-refractivity contribution in [2.75, 3.05) is 26.3 Å². The van der Waals surface area contributed by atoms with Gasteiger partial charge in [-0.2, -0.15) is 0 Å². The van der Waals surface area contributed by atoms with Gasteiger partial charge in [0.2, 0.25) is 5.91 Å². The van der Waals surface area contributed by atoms with E-state index in [1.807, 2.05) is 30.0 Å². The quantitative estimate of drug-likeness (QED) is 0.803. The minimum atomic E-state index is -0.140. The van der Waals surface area contributed by atoms with E-state index in [4.69, 9.17) is 16.3 Å². The van der Waals surface area contributed by atoms with Crippen molar-refractivity contribution in [3.05, 3.63) is 23.2 Å². The molecule has 0 bridgehead atoms. The standard InChI is InChI=1S/C14H15ClN2O2S2/c1-9(13(18)17-4-6-19-7-5-17)20-14-16-11-8-10(15)2-3-12(11)21-14/h2-3,8-9H,4-7H2,1H3/t9-/m0/s1. The van der Waals surface area contributed by atoms with Crippen molar-refractivity contribution in [3.63, 3.8) is 0 Å². The average molecular weight is 343 g/mol. The first-order valence-electron chi connectivity index (χ1n) is 6.73. The molecule has 0 saturated carbocycles. The van der Waals surface area contributed by atoms with Gasteiger partial charge < -0.3 is 9.64 Å². The summed E-state index contributed by atoms with van der Waals surface area (Å²) in [4.78, 5) is 18.8. The van der Waals surface area contributed by atoms with Gasteiger partial charge in [-0.15, -0.1) is 11.3 Å². The molecule has 1 atom stereocenters. The maximum Gasteiger partial charge on any atom is 0.236 e. The summed E-state index contributed by atoms with van der Waals surface area (Å²) in [7, 11) is 0. The van der Waals surface area contributed by atoms with E-state index in [2.05, 4.69) is 4.98 Å². The van der Waals surface area contributed by atoms with Gasteiger partial charge in [0.25, 0.3) is 0 Å². The van der Waals surface area contributed by atoms with Crippen LogP contribution in [0.1, 0.15) is 6.92 Å². The van der Waals surface area contributed by atoms with Gasteiger partial charge in [-0.3, -0.25) is 4.79 Å². The maximum absolute atomic E-state index is 12.4. The van der Waals surface area contributed by atoms with Crippen molar-refractivity contribution >= 4 is 50.8 Å². The van der Waals surface area contributed by atoms with E-state index in [0.717, 1.165) is 14.6 Å². The van der Waals surface area contributed by atoms with Crippen molar-refractivity contribution in [3.8, 4) is 0 Å². The number of amides is 1. The molecule has 0 spiro atoms. The maximum atomic E-state index is 12.4. The molecule has 1 aromatic carbocycles. The van der Waals surface area contributed by atoms with Crippen LogP contribution in [-0.4, -0.2) is 47.3 Å². The largest absolute Gasteiger partial charge is 0.378 e. The molecule has 0 unspecified atom stereocenters. The van der Waals surface area contributed by atoms with Crippen LogP contribution in [0.15, 0.2) is 22.5 Å². The number of nitrogens with zero attached hydrogens (tertiary/aromatic N) is 2. The van der Waals surface area contributed by atoms with Crippen LogP contribution in [0.3, 0.4) is 0 Å². The smallest absolute Gasteiger partial charge is 0.236 e. The highest BCUT2D eigenvalue weighted by atomic mass is 35.5. The highest BCUT2D eigenvalue weighted by Crippen LogP contribution is 2.33. The first kappa shape index (κ1) is 15.1. The first-order valence-corrected chi connectivity index (χ1v) is 8.80. The molecule has 1 aliphatic heterocycles. The van der Waals surface area contributed by atoms with E-state index < -0.39 is 0 Å². The predicted molar refractivity (Wildman–Crippen MR) is 87.3 cm³/mol. The third-order valence-electron chi connectivity index (χ3n) is 3.28. The number of benzene rings is 1.